The molecular weight excluding hydrogens is 421 g/mol. The molecule has 0 saturated heterocycles. The van der Waals surface area contributed by atoms with E-state index in [2.05, 4.69) is 34.8 Å². The smallest absolute Gasteiger partial charge is 0.254 e. The van der Waals surface area contributed by atoms with Crippen LogP contribution >= 0.6 is 27.5 Å². The number of aryl methyl sites for hydroxylation is 1. The van der Waals surface area contributed by atoms with Crippen LogP contribution in [0.15, 0.2) is 28.9 Å². The van der Waals surface area contributed by atoms with Crippen molar-refractivity contribution in [3.63, 3.8) is 0 Å². The lowest BCUT2D eigenvalue weighted by molar-refractivity contribution is 0.0644. The number of aromatic nitrogens is 4. The van der Waals surface area contributed by atoms with Gasteiger partial charge in [-0.15, -0.1) is 0 Å². The number of halogens is 2. The van der Waals surface area contributed by atoms with Crippen LogP contribution in [0.25, 0.3) is 10.8 Å². The van der Waals surface area contributed by atoms with Crippen LogP contribution in [0.4, 0.5) is 4.39 Å². The molecule has 1 aromatic carbocycles. The van der Waals surface area contributed by atoms with Gasteiger partial charge in [0, 0.05) is 18.7 Å². The van der Waals surface area contributed by atoms with Gasteiger partial charge in [0.1, 0.15) is 16.2 Å². The molecule has 9 heteroatoms. The fraction of sp³-hybridized carbons (Fsp3) is 0.294. The molecule has 0 spiro atoms. The monoisotopic (exact) mass is 435 g/mol. The highest BCUT2D eigenvalue weighted by molar-refractivity contribution is 9.10. The normalized spacial score (nSPS) is 16.6. The molecule has 1 aliphatic rings. The van der Waals surface area contributed by atoms with Gasteiger partial charge in [0.05, 0.1) is 11.7 Å². The first-order valence-corrected chi connectivity index (χ1v) is 9.65. The van der Waals surface area contributed by atoms with E-state index >= 15 is 0 Å². The first kappa shape index (κ1) is 17.3. The maximum atomic E-state index is 13.1. The number of amides is 1. The van der Waals surface area contributed by atoms with Crippen molar-refractivity contribution >= 4 is 33.4 Å². The largest absolute Gasteiger partial charge is 0.328 e. The van der Waals surface area contributed by atoms with Crippen molar-refractivity contribution in [1.29, 1.82) is 0 Å². The number of hydrogen-bond acceptors (Lipinski definition) is 5. The summed E-state index contributed by atoms with van der Waals surface area (Å²) < 4.78 is 20.1. The predicted molar refractivity (Wildman–Crippen MR) is 99.4 cm³/mol. The van der Waals surface area contributed by atoms with Gasteiger partial charge >= 0.3 is 0 Å². The molecule has 26 heavy (non-hydrogen) atoms. The Bertz CT molecular complexity index is 984. The first-order chi connectivity index (χ1) is 12.5. The van der Waals surface area contributed by atoms with E-state index in [1.165, 1.54) is 35.8 Å². The van der Waals surface area contributed by atoms with Gasteiger partial charge < -0.3 is 9.47 Å². The van der Waals surface area contributed by atoms with Crippen molar-refractivity contribution in [1.82, 2.24) is 23.8 Å². The van der Waals surface area contributed by atoms with Crippen LogP contribution in [0.3, 0.4) is 0 Å². The van der Waals surface area contributed by atoms with E-state index in [4.69, 9.17) is 0 Å². The van der Waals surface area contributed by atoms with Crippen molar-refractivity contribution in [2.45, 2.75) is 26.4 Å². The molecule has 6 nitrogen and oxygen atoms in total. The lowest BCUT2D eigenvalue weighted by atomic mass is 10.1. The van der Waals surface area contributed by atoms with Crippen LogP contribution in [0.2, 0.25) is 0 Å². The average molecular weight is 436 g/mol. The van der Waals surface area contributed by atoms with Crippen LogP contribution in [0.1, 0.15) is 34.8 Å². The minimum atomic E-state index is -0.356. The Balaban J connectivity index is 1.69. The van der Waals surface area contributed by atoms with Crippen LogP contribution in [-0.2, 0) is 6.54 Å². The van der Waals surface area contributed by atoms with Crippen molar-refractivity contribution < 1.29 is 9.18 Å². The molecular formula is C17H15BrFN5OS. The van der Waals surface area contributed by atoms with E-state index in [9.17, 15) is 9.18 Å². The van der Waals surface area contributed by atoms with E-state index in [1.54, 1.807) is 4.90 Å². The number of fused-ring (bicyclic) bond motifs is 1. The Hall–Kier alpha value is -2.13. The number of nitrogens with zero attached hydrogens (tertiary/aromatic N) is 5. The second-order valence-corrected chi connectivity index (χ2v) is 7.59. The van der Waals surface area contributed by atoms with Gasteiger partial charge in [-0.2, -0.15) is 4.37 Å². The fourth-order valence-electron chi connectivity index (χ4n) is 3.20. The van der Waals surface area contributed by atoms with Gasteiger partial charge in [-0.1, -0.05) is 0 Å². The van der Waals surface area contributed by atoms with Gasteiger partial charge in [0.25, 0.3) is 5.91 Å². The van der Waals surface area contributed by atoms with Crippen LogP contribution in [0.5, 0.6) is 0 Å². The summed E-state index contributed by atoms with van der Waals surface area (Å²) >= 11 is 4.84. The highest BCUT2D eigenvalue weighted by Gasteiger charge is 2.33. The number of carbonyl (C=O) groups excluding carboxylic acids is 1. The molecule has 1 amide bonds. The summed E-state index contributed by atoms with van der Waals surface area (Å²) in [6.45, 7) is 4.96. The van der Waals surface area contributed by atoms with E-state index in [-0.39, 0.29) is 17.8 Å². The Kier molecular flexibility index (Phi) is 4.36. The molecule has 1 atom stereocenters. The highest BCUT2D eigenvalue weighted by Crippen LogP contribution is 2.36. The van der Waals surface area contributed by atoms with Crippen molar-refractivity contribution in [2.24, 2.45) is 0 Å². The number of carbonyl (C=O) groups is 1. The Morgan fingerprint density at radius 1 is 1.27 bits per heavy atom. The number of benzene rings is 1. The van der Waals surface area contributed by atoms with Crippen molar-refractivity contribution in [3.8, 4) is 10.8 Å². The molecule has 0 N–H and O–H groups in total. The van der Waals surface area contributed by atoms with E-state index in [0.29, 0.717) is 23.3 Å². The van der Waals surface area contributed by atoms with Gasteiger partial charge in [-0.3, -0.25) is 4.79 Å². The van der Waals surface area contributed by atoms with E-state index in [0.717, 1.165) is 22.4 Å². The molecule has 1 unspecified atom stereocenters. The van der Waals surface area contributed by atoms with Crippen LogP contribution in [-0.4, -0.2) is 36.3 Å². The third-order valence-corrected chi connectivity index (χ3v) is 5.85. The number of hydrogen-bond donors (Lipinski definition) is 0. The quantitative estimate of drug-likeness (QED) is 0.613. The molecule has 2 aromatic heterocycles. The third kappa shape index (κ3) is 2.84. The van der Waals surface area contributed by atoms with E-state index < -0.39 is 0 Å². The van der Waals surface area contributed by atoms with Crippen molar-refractivity contribution in [3.05, 3.63) is 51.8 Å². The maximum Gasteiger partial charge on any atom is 0.254 e. The molecule has 0 aliphatic carbocycles. The van der Waals surface area contributed by atoms with Gasteiger partial charge in [-0.05, 0) is 65.6 Å². The summed E-state index contributed by atoms with van der Waals surface area (Å²) in [5.74, 6) is 1.00. The number of imidazole rings is 1. The fourth-order valence-corrected chi connectivity index (χ4v) is 4.58. The maximum absolute atomic E-state index is 13.1. The molecule has 3 heterocycles. The predicted octanol–water partition coefficient (Wildman–Crippen LogP) is 3.83. The summed E-state index contributed by atoms with van der Waals surface area (Å²) in [6, 6.07) is 5.46. The summed E-state index contributed by atoms with van der Waals surface area (Å²) in [6.07, 6.45) is 0. The highest BCUT2D eigenvalue weighted by atomic mass is 79.9. The number of rotatable bonds is 2. The lowest BCUT2D eigenvalue weighted by Crippen LogP contribution is -2.41. The van der Waals surface area contributed by atoms with Gasteiger partial charge in [-0.25, -0.2) is 14.4 Å². The molecule has 0 radical (unpaired) electrons. The zero-order valence-corrected chi connectivity index (χ0v) is 16.5. The Labute approximate surface area is 162 Å². The molecule has 0 bridgehead atoms. The molecule has 134 valence electrons. The molecule has 1 aliphatic heterocycles. The summed E-state index contributed by atoms with van der Waals surface area (Å²) in [7, 11) is 0. The van der Waals surface area contributed by atoms with E-state index in [1.807, 2.05) is 13.8 Å². The minimum absolute atomic E-state index is 0.120. The van der Waals surface area contributed by atoms with Crippen molar-refractivity contribution in [2.75, 3.05) is 6.54 Å². The Morgan fingerprint density at radius 3 is 2.65 bits per heavy atom. The Morgan fingerprint density at radius 2 is 2.00 bits per heavy atom. The average Bonchev–Trinajstić information content (AvgIpc) is 3.19. The zero-order chi connectivity index (χ0) is 18.4. The van der Waals surface area contributed by atoms with Crippen LogP contribution in [0, 0.1) is 12.7 Å². The topological polar surface area (TPSA) is 63.9 Å². The molecule has 0 fully saturated rings. The third-order valence-electron chi connectivity index (χ3n) is 4.46. The second kappa shape index (κ2) is 6.55. The molecule has 4 rings (SSSR count). The minimum Gasteiger partial charge on any atom is -0.328 e. The van der Waals surface area contributed by atoms with Crippen LogP contribution < -0.4 is 0 Å². The first-order valence-electron chi connectivity index (χ1n) is 8.09. The SMILES string of the molecule is Cc1nsc(-c2nc(Br)c3n2CCN(C(=O)c2ccc(F)cc2)C3C)n1. The molecule has 0 saturated carbocycles. The summed E-state index contributed by atoms with van der Waals surface area (Å²) in [4.78, 5) is 23.7. The summed E-state index contributed by atoms with van der Waals surface area (Å²) in [5, 5.41) is 0.764. The standard InChI is InChI=1S/C17H15BrFN5OS/c1-9-13-14(18)21-15(16-20-10(2)22-26-16)24(13)8-7-23(9)17(25)11-3-5-12(19)6-4-11/h3-6,9H,7-8H2,1-2H3. The second-order valence-electron chi connectivity index (χ2n) is 6.09. The summed E-state index contributed by atoms with van der Waals surface area (Å²) in [5.41, 5.74) is 1.40. The zero-order valence-electron chi connectivity index (χ0n) is 14.1. The molecule has 3 aromatic rings. The van der Waals surface area contributed by atoms with Gasteiger partial charge in [0.15, 0.2) is 10.8 Å². The lowest BCUT2D eigenvalue weighted by Gasteiger charge is -2.35. The van der Waals surface area contributed by atoms with Gasteiger partial charge in [0.2, 0.25) is 0 Å².